The molecule has 3 aromatic rings. The first-order valence-electron chi connectivity index (χ1n) is 7.28. The first-order chi connectivity index (χ1) is 11.2. The third-order valence-electron chi connectivity index (χ3n) is 3.93. The Kier molecular flexibility index (Phi) is 4.54. The number of benzene rings is 2. The molecule has 4 rings (SSSR count). The molecule has 0 aliphatic carbocycles. The van der Waals surface area contributed by atoms with Gasteiger partial charge in [0.2, 0.25) is 0 Å². The fraction of sp³-hybridized carbons (Fsp3) is 0.118. The number of hydrogen-bond donors (Lipinski definition) is 3. The monoisotopic (exact) mass is 363 g/mol. The first kappa shape index (κ1) is 16.8. The van der Waals surface area contributed by atoms with E-state index >= 15 is 0 Å². The second-order valence-electron chi connectivity index (χ2n) is 5.32. The van der Waals surface area contributed by atoms with E-state index in [0.29, 0.717) is 34.3 Å². The molecule has 1 aliphatic rings. The molecule has 0 atom stereocenters. The Bertz CT molecular complexity index is 927. The van der Waals surface area contributed by atoms with Crippen LogP contribution in [0.25, 0.3) is 22.0 Å². The average molecular weight is 364 g/mol. The van der Waals surface area contributed by atoms with Crippen LogP contribution >= 0.6 is 24.2 Å². The number of hydrogen-bond acceptors (Lipinski definition) is 3. The largest absolute Gasteiger partial charge is 0.361 e. The second-order valence-corrected chi connectivity index (χ2v) is 6.45. The van der Waals surface area contributed by atoms with E-state index in [-0.39, 0.29) is 24.1 Å². The quantitative estimate of drug-likeness (QED) is 0.613. The number of nitrogens with one attached hydrogen (secondary N) is 2. The highest BCUT2D eigenvalue weighted by Crippen LogP contribution is 2.44. The zero-order chi connectivity index (χ0) is 16.0. The van der Waals surface area contributed by atoms with Crippen molar-refractivity contribution in [2.45, 2.75) is 4.90 Å². The van der Waals surface area contributed by atoms with E-state index in [1.807, 2.05) is 18.2 Å². The van der Waals surface area contributed by atoms with Crippen molar-refractivity contribution in [3.05, 3.63) is 47.9 Å². The standard InChI is InChI=1S/C17H14FN3OS.ClH/c18-10-3-4-12-16-14(17(22)21-12)9(11-2-1-6-20-11)8-13(15(10)16)23-7-5-19;/h1-4,6,8,20H,5,7,19H2,(H,21,22);1H. The van der Waals surface area contributed by atoms with Gasteiger partial charge in [-0.3, -0.25) is 4.79 Å². The summed E-state index contributed by atoms with van der Waals surface area (Å²) in [7, 11) is 0. The second kappa shape index (κ2) is 6.47. The Hall–Kier alpha value is -2.02. The van der Waals surface area contributed by atoms with Crippen molar-refractivity contribution < 1.29 is 9.18 Å². The van der Waals surface area contributed by atoms with Crippen LogP contribution < -0.4 is 11.1 Å². The molecule has 7 heteroatoms. The van der Waals surface area contributed by atoms with Gasteiger partial charge in [0.1, 0.15) is 5.82 Å². The maximum absolute atomic E-state index is 14.5. The van der Waals surface area contributed by atoms with Gasteiger partial charge < -0.3 is 16.0 Å². The Labute approximate surface area is 148 Å². The highest BCUT2D eigenvalue weighted by molar-refractivity contribution is 7.99. The lowest BCUT2D eigenvalue weighted by molar-refractivity contribution is 0.103. The molecule has 4 N–H and O–H groups in total. The average Bonchev–Trinajstić information content (AvgIpc) is 3.18. The number of aromatic nitrogens is 1. The summed E-state index contributed by atoms with van der Waals surface area (Å²) >= 11 is 1.50. The molecule has 0 radical (unpaired) electrons. The zero-order valence-corrected chi connectivity index (χ0v) is 14.2. The number of thioether (sulfide) groups is 1. The van der Waals surface area contributed by atoms with Crippen LogP contribution in [0.1, 0.15) is 10.4 Å². The molecule has 1 aromatic heterocycles. The van der Waals surface area contributed by atoms with E-state index in [2.05, 4.69) is 10.3 Å². The van der Waals surface area contributed by atoms with Gasteiger partial charge in [0.25, 0.3) is 5.91 Å². The summed E-state index contributed by atoms with van der Waals surface area (Å²) in [5.41, 5.74) is 8.40. The lowest BCUT2D eigenvalue weighted by Gasteiger charge is -2.12. The molecule has 0 saturated carbocycles. The minimum atomic E-state index is -0.320. The van der Waals surface area contributed by atoms with Crippen LogP contribution in [0, 0.1) is 5.82 Å². The number of halogens is 2. The minimum absolute atomic E-state index is 0. The molecule has 0 unspecified atom stereocenters. The van der Waals surface area contributed by atoms with Gasteiger partial charge in [-0.1, -0.05) is 0 Å². The summed E-state index contributed by atoms with van der Waals surface area (Å²) in [6.45, 7) is 0.504. The molecular formula is C17H15ClFN3OS. The molecule has 0 saturated heterocycles. The lowest BCUT2D eigenvalue weighted by Crippen LogP contribution is -2.06. The third-order valence-corrected chi connectivity index (χ3v) is 5.01. The van der Waals surface area contributed by atoms with Crippen molar-refractivity contribution in [3.63, 3.8) is 0 Å². The van der Waals surface area contributed by atoms with E-state index < -0.39 is 0 Å². The summed E-state index contributed by atoms with van der Waals surface area (Å²) in [6, 6.07) is 8.66. The molecule has 0 fully saturated rings. The lowest BCUT2D eigenvalue weighted by atomic mass is 9.97. The molecule has 0 bridgehead atoms. The van der Waals surface area contributed by atoms with Crippen molar-refractivity contribution in [3.8, 4) is 11.3 Å². The number of carbonyl (C=O) groups excluding carboxylic acids is 1. The van der Waals surface area contributed by atoms with E-state index in [1.165, 1.54) is 17.8 Å². The van der Waals surface area contributed by atoms with Crippen molar-refractivity contribution in [2.75, 3.05) is 17.6 Å². The first-order valence-corrected chi connectivity index (χ1v) is 8.26. The van der Waals surface area contributed by atoms with Gasteiger partial charge >= 0.3 is 0 Å². The number of H-pyrrole nitrogens is 1. The number of nitrogens with two attached hydrogens (primary N) is 1. The molecule has 0 spiro atoms. The Morgan fingerprint density at radius 2 is 2.04 bits per heavy atom. The van der Waals surface area contributed by atoms with Crippen LogP contribution in [0.2, 0.25) is 0 Å². The van der Waals surface area contributed by atoms with Gasteiger partial charge in [-0.2, -0.15) is 0 Å². The molecule has 2 heterocycles. The number of carbonyl (C=O) groups is 1. The van der Waals surface area contributed by atoms with Crippen molar-refractivity contribution in [1.29, 1.82) is 0 Å². The van der Waals surface area contributed by atoms with Crippen LogP contribution in [0.3, 0.4) is 0 Å². The highest BCUT2D eigenvalue weighted by Gasteiger charge is 2.29. The number of amides is 1. The van der Waals surface area contributed by atoms with E-state index in [4.69, 9.17) is 5.73 Å². The molecule has 4 nitrogen and oxygen atoms in total. The van der Waals surface area contributed by atoms with Gasteiger partial charge in [-0.15, -0.1) is 24.2 Å². The number of aromatic amines is 1. The van der Waals surface area contributed by atoms with Crippen LogP contribution in [0.15, 0.2) is 41.4 Å². The summed E-state index contributed by atoms with van der Waals surface area (Å²) in [5, 5.41) is 3.98. The Morgan fingerprint density at radius 3 is 2.75 bits per heavy atom. The number of anilines is 1. The van der Waals surface area contributed by atoms with Crippen molar-refractivity contribution >= 4 is 46.5 Å². The summed E-state index contributed by atoms with van der Waals surface area (Å²) in [4.78, 5) is 16.4. The maximum atomic E-state index is 14.5. The SMILES string of the molecule is Cl.NCCSc1cc(-c2ccc[nH]2)c2c3c(ccc(F)c13)NC2=O. The molecule has 2 aromatic carbocycles. The normalized spacial score (nSPS) is 12.3. The fourth-order valence-corrected chi connectivity index (χ4v) is 3.89. The summed E-state index contributed by atoms with van der Waals surface area (Å²) < 4.78 is 14.5. The predicted molar refractivity (Wildman–Crippen MR) is 98.7 cm³/mol. The van der Waals surface area contributed by atoms with E-state index in [0.717, 1.165) is 16.2 Å². The van der Waals surface area contributed by atoms with Gasteiger partial charge in [0.05, 0.1) is 5.56 Å². The topological polar surface area (TPSA) is 70.9 Å². The van der Waals surface area contributed by atoms with E-state index in [1.54, 1.807) is 12.3 Å². The predicted octanol–water partition coefficient (Wildman–Crippen LogP) is 4.01. The molecule has 1 amide bonds. The maximum Gasteiger partial charge on any atom is 0.257 e. The minimum Gasteiger partial charge on any atom is -0.361 e. The van der Waals surface area contributed by atoms with Gasteiger partial charge in [-0.05, 0) is 30.3 Å². The van der Waals surface area contributed by atoms with Gasteiger partial charge in [-0.25, -0.2) is 4.39 Å². The van der Waals surface area contributed by atoms with Crippen LogP contribution in [0.5, 0.6) is 0 Å². The summed E-state index contributed by atoms with van der Waals surface area (Å²) in [6.07, 6.45) is 1.80. The fourth-order valence-electron chi connectivity index (χ4n) is 3.01. The molecule has 1 aliphatic heterocycles. The molecular weight excluding hydrogens is 349 g/mol. The van der Waals surface area contributed by atoms with Crippen LogP contribution in [-0.4, -0.2) is 23.2 Å². The van der Waals surface area contributed by atoms with Crippen molar-refractivity contribution in [2.24, 2.45) is 5.73 Å². The molecule has 24 heavy (non-hydrogen) atoms. The van der Waals surface area contributed by atoms with Crippen LogP contribution in [0.4, 0.5) is 10.1 Å². The zero-order valence-electron chi connectivity index (χ0n) is 12.6. The van der Waals surface area contributed by atoms with Gasteiger partial charge in [0.15, 0.2) is 0 Å². The van der Waals surface area contributed by atoms with E-state index in [9.17, 15) is 9.18 Å². The third kappa shape index (κ3) is 2.47. The molecule has 124 valence electrons. The Balaban J connectivity index is 0.00000169. The highest BCUT2D eigenvalue weighted by atomic mass is 35.5. The summed E-state index contributed by atoms with van der Waals surface area (Å²) in [5.74, 6) is 0.165. The Morgan fingerprint density at radius 1 is 1.21 bits per heavy atom. The van der Waals surface area contributed by atoms with Crippen LogP contribution in [-0.2, 0) is 0 Å². The van der Waals surface area contributed by atoms with Crippen molar-refractivity contribution in [1.82, 2.24) is 4.98 Å². The smallest absolute Gasteiger partial charge is 0.257 e. The number of rotatable bonds is 4. The van der Waals surface area contributed by atoms with Gasteiger partial charge in [0, 0.05) is 51.1 Å².